The largest absolute Gasteiger partial charge is 0.449 e. The minimum absolute atomic E-state index is 0.401. The Balaban J connectivity index is 1.79. The van der Waals surface area contributed by atoms with Gasteiger partial charge in [-0.25, -0.2) is 4.79 Å². The van der Waals surface area contributed by atoms with Crippen molar-refractivity contribution in [1.29, 1.82) is 0 Å². The number of benzene rings is 2. The van der Waals surface area contributed by atoms with Crippen LogP contribution >= 0.6 is 0 Å². The summed E-state index contributed by atoms with van der Waals surface area (Å²) < 4.78 is 5.01. The summed E-state index contributed by atoms with van der Waals surface area (Å²) in [4.78, 5) is 35.5. The van der Waals surface area contributed by atoms with Gasteiger partial charge in [0.15, 0.2) is 6.10 Å². The van der Waals surface area contributed by atoms with Gasteiger partial charge in [-0.2, -0.15) is 0 Å². The average molecular weight is 352 g/mol. The zero-order valence-corrected chi connectivity index (χ0v) is 14.6. The standard InChI is InChI=1S/C20H20N2O4/c1-14-8-10-16(11-9-14)12-13-18(23)26-15(2)19(24)21-22-20(25)17-6-4-3-5-7-17/h3-13,15H,1-2H3,(H,21,24)(H,22,25)/b13-12+/t15-/m1/s1. The van der Waals surface area contributed by atoms with Crippen LogP contribution in [0.25, 0.3) is 6.08 Å². The van der Waals surface area contributed by atoms with Gasteiger partial charge >= 0.3 is 5.97 Å². The molecule has 2 rings (SSSR count). The van der Waals surface area contributed by atoms with E-state index < -0.39 is 23.9 Å². The van der Waals surface area contributed by atoms with Crippen LogP contribution in [0.4, 0.5) is 0 Å². The van der Waals surface area contributed by atoms with Crippen LogP contribution in [0, 0.1) is 6.92 Å². The minimum atomic E-state index is -1.05. The van der Waals surface area contributed by atoms with E-state index >= 15 is 0 Å². The molecular formula is C20H20N2O4. The van der Waals surface area contributed by atoms with Crippen LogP contribution in [0.2, 0.25) is 0 Å². The first-order chi connectivity index (χ1) is 12.5. The Morgan fingerprint density at radius 1 is 0.962 bits per heavy atom. The second-order valence-electron chi connectivity index (χ2n) is 5.63. The molecule has 134 valence electrons. The predicted molar refractivity (Wildman–Crippen MR) is 97.8 cm³/mol. The second kappa shape index (κ2) is 9.17. The molecule has 0 aliphatic heterocycles. The smallest absolute Gasteiger partial charge is 0.331 e. The average Bonchev–Trinajstić information content (AvgIpc) is 2.66. The summed E-state index contributed by atoms with van der Waals surface area (Å²) in [6.45, 7) is 3.39. The van der Waals surface area contributed by atoms with Crippen molar-refractivity contribution in [2.75, 3.05) is 0 Å². The number of esters is 1. The van der Waals surface area contributed by atoms with E-state index in [0.717, 1.165) is 11.1 Å². The summed E-state index contributed by atoms with van der Waals surface area (Å²) in [7, 11) is 0. The first kappa shape index (κ1) is 18.9. The van der Waals surface area contributed by atoms with Gasteiger partial charge in [0, 0.05) is 11.6 Å². The monoisotopic (exact) mass is 352 g/mol. The van der Waals surface area contributed by atoms with Crippen LogP contribution in [0.5, 0.6) is 0 Å². The van der Waals surface area contributed by atoms with Crippen LogP contribution in [0.1, 0.15) is 28.4 Å². The fourth-order valence-electron chi connectivity index (χ4n) is 1.99. The predicted octanol–water partition coefficient (Wildman–Crippen LogP) is 2.40. The van der Waals surface area contributed by atoms with Gasteiger partial charge in [0.05, 0.1) is 0 Å². The van der Waals surface area contributed by atoms with Gasteiger partial charge in [0.2, 0.25) is 0 Å². The topological polar surface area (TPSA) is 84.5 Å². The summed E-state index contributed by atoms with van der Waals surface area (Å²) in [5, 5.41) is 0. The summed E-state index contributed by atoms with van der Waals surface area (Å²) in [5.41, 5.74) is 6.86. The number of carbonyl (C=O) groups is 3. The summed E-state index contributed by atoms with van der Waals surface area (Å²) in [6.07, 6.45) is 1.79. The first-order valence-electron chi connectivity index (χ1n) is 8.06. The Morgan fingerprint density at radius 3 is 2.27 bits per heavy atom. The molecule has 0 aliphatic carbocycles. The Kier molecular flexibility index (Phi) is 6.68. The highest BCUT2D eigenvalue weighted by atomic mass is 16.5. The molecule has 2 aromatic carbocycles. The molecule has 0 heterocycles. The van der Waals surface area contributed by atoms with Crippen molar-refractivity contribution in [2.24, 2.45) is 0 Å². The molecule has 2 amide bonds. The third kappa shape index (κ3) is 5.90. The maximum absolute atomic E-state index is 11.9. The molecule has 1 atom stereocenters. The maximum atomic E-state index is 11.9. The van der Waals surface area contributed by atoms with Gasteiger partial charge in [-0.3, -0.25) is 20.4 Å². The van der Waals surface area contributed by atoms with Crippen LogP contribution in [-0.2, 0) is 14.3 Å². The summed E-state index contributed by atoms with van der Waals surface area (Å²) in [5.74, 6) is -1.74. The van der Waals surface area contributed by atoms with E-state index in [1.807, 2.05) is 31.2 Å². The van der Waals surface area contributed by atoms with E-state index in [2.05, 4.69) is 10.9 Å². The number of rotatable bonds is 5. The molecule has 26 heavy (non-hydrogen) atoms. The fraction of sp³-hybridized carbons (Fsp3) is 0.150. The maximum Gasteiger partial charge on any atom is 0.331 e. The highest BCUT2D eigenvalue weighted by molar-refractivity contribution is 5.96. The lowest BCUT2D eigenvalue weighted by Gasteiger charge is -2.13. The highest BCUT2D eigenvalue weighted by Gasteiger charge is 2.17. The van der Waals surface area contributed by atoms with Crippen molar-refractivity contribution in [3.05, 3.63) is 77.4 Å². The number of hydrazine groups is 1. The highest BCUT2D eigenvalue weighted by Crippen LogP contribution is 2.05. The molecule has 2 N–H and O–H groups in total. The zero-order valence-electron chi connectivity index (χ0n) is 14.6. The van der Waals surface area contributed by atoms with Crippen molar-refractivity contribution in [3.8, 4) is 0 Å². The number of nitrogens with one attached hydrogen (secondary N) is 2. The Labute approximate surface area is 151 Å². The first-order valence-corrected chi connectivity index (χ1v) is 8.06. The third-order valence-electron chi connectivity index (χ3n) is 3.49. The van der Waals surface area contributed by atoms with Gasteiger partial charge in [-0.05, 0) is 37.6 Å². The molecule has 0 saturated carbocycles. The molecule has 0 saturated heterocycles. The molecule has 6 heteroatoms. The van der Waals surface area contributed by atoms with Gasteiger partial charge < -0.3 is 4.74 Å². The molecule has 0 spiro atoms. The Bertz CT molecular complexity index is 798. The second-order valence-corrected chi connectivity index (χ2v) is 5.63. The van der Waals surface area contributed by atoms with E-state index in [1.54, 1.807) is 36.4 Å². The lowest BCUT2D eigenvalue weighted by molar-refractivity contribution is -0.150. The number of aryl methyl sites for hydroxylation is 1. The van der Waals surface area contributed by atoms with Crippen molar-refractivity contribution in [2.45, 2.75) is 20.0 Å². The zero-order chi connectivity index (χ0) is 18.9. The Morgan fingerprint density at radius 2 is 1.62 bits per heavy atom. The molecule has 0 unspecified atom stereocenters. The number of amides is 2. The van der Waals surface area contributed by atoms with E-state index in [9.17, 15) is 14.4 Å². The van der Waals surface area contributed by atoms with Crippen molar-refractivity contribution in [3.63, 3.8) is 0 Å². The van der Waals surface area contributed by atoms with E-state index in [1.165, 1.54) is 13.0 Å². The molecular weight excluding hydrogens is 332 g/mol. The van der Waals surface area contributed by atoms with Crippen molar-refractivity contribution >= 4 is 23.9 Å². The lowest BCUT2D eigenvalue weighted by Crippen LogP contribution is -2.46. The summed E-state index contributed by atoms with van der Waals surface area (Å²) in [6, 6.07) is 16.0. The van der Waals surface area contributed by atoms with Gasteiger partial charge in [-0.1, -0.05) is 48.0 Å². The van der Waals surface area contributed by atoms with Gasteiger partial charge in [0.25, 0.3) is 11.8 Å². The number of hydrogen-bond donors (Lipinski definition) is 2. The fourth-order valence-corrected chi connectivity index (χ4v) is 1.99. The molecule has 2 aromatic rings. The van der Waals surface area contributed by atoms with Crippen LogP contribution in [0.15, 0.2) is 60.7 Å². The van der Waals surface area contributed by atoms with Crippen LogP contribution in [-0.4, -0.2) is 23.9 Å². The SMILES string of the molecule is Cc1ccc(/C=C/C(=O)O[C@H](C)C(=O)NNC(=O)c2ccccc2)cc1. The van der Waals surface area contributed by atoms with Crippen LogP contribution in [0.3, 0.4) is 0 Å². The molecule has 0 aromatic heterocycles. The van der Waals surface area contributed by atoms with Gasteiger partial charge in [0.1, 0.15) is 0 Å². The summed E-state index contributed by atoms with van der Waals surface area (Å²) >= 11 is 0. The number of ether oxygens (including phenoxy) is 1. The van der Waals surface area contributed by atoms with Crippen molar-refractivity contribution in [1.82, 2.24) is 10.9 Å². The minimum Gasteiger partial charge on any atom is -0.449 e. The molecule has 0 aliphatic rings. The van der Waals surface area contributed by atoms with Crippen LogP contribution < -0.4 is 10.9 Å². The lowest BCUT2D eigenvalue weighted by atomic mass is 10.1. The normalized spacial score (nSPS) is 11.6. The molecule has 0 bridgehead atoms. The number of carbonyl (C=O) groups excluding carboxylic acids is 3. The molecule has 0 fully saturated rings. The van der Waals surface area contributed by atoms with Crippen molar-refractivity contribution < 1.29 is 19.1 Å². The van der Waals surface area contributed by atoms with E-state index in [0.29, 0.717) is 5.56 Å². The number of hydrogen-bond acceptors (Lipinski definition) is 4. The molecule has 6 nitrogen and oxygen atoms in total. The molecule has 0 radical (unpaired) electrons. The quantitative estimate of drug-likeness (QED) is 0.492. The van der Waals surface area contributed by atoms with E-state index in [-0.39, 0.29) is 0 Å². The third-order valence-corrected chi connectivity index (χ3v) is 3.49. The van der Waals surface area contributed by atoms with Gasteiger partial charge in [-0.15, -0.1) is 0 Å². The Hall–Kier alpha value is -3.41. The van der Waals surface area contributed by atoms with E-state index in [4.69, 9.17) is 4.74 Å².